The van der Waals surface area contributed by atoms with Gasteiger partial charge in [0, 0.05) is 64.8 Å². The van der Waals surface area contributed by atoms with Crippen LogP contribution in [0.15, 0.2) is 48.5 Å². The molecule has 4 aromatic rings. The maximum Gasteiger partial charge on any atom is 0.0382 e. The van der Waals surface area contributed by atoms with Crippen LogP contribution in [0.2, 0.25) is 0 Å². The third kappa shape index (κ3) is 6.48. The molecular weight excluding hydrogens is 536 g/mol. The summed E-state index contributed by atoms with van der Waals surface area (Å²) in [5, 5.41) is 2.68. The standard InChI is InChI=1S/C26H26N2.4C2H6.B.Y/c1-25(2)20-16-19(17-12-8-7-9-13-17)24-22(23(20)26(3,4)28(25)6)18-14-10-11-15-21(18)27(24)5;4*1-2;;/h7-12,14-15H,1-6H3;4*1-2H3;;/q-2;;;;;;. The summed E-state index contributed by atoms with van der Waals surface area (Å²) in [7, 11) is 4.41. The van der Waals surface area contributed by atoms with Gasteiger partial charge < -0.3 is 4.57 Å². The number of fused-ring (bicyclic) bond motifs is 5. The van der Waals surface area contributed by atoms with Crippen molar-refractivity contribution in [2.24, 2.45) is 7.05 Å². The molecule has 0 bridgehead atoms. The second-order valence-electron chi connectivity index (χ2n) is 9.00. The minimum atomic E-state index is -0.0898. The fourth-order valence-electron chi connectivity index (χ4n) is 5.16. The van der Waals surface area contributed by atoms with Gasteiger partial charge in [0.25, 0.3) is 0 Å². The van der Waals surface area contributed by atoms with Crippen LogP contribution in [0.4, 0.5) is 0 Å². The second kappa shape index (κ2) is 16.6. The Morgan fingerprint density at radius 3 is 1.76 bits per heavy atom. The first-order valence-corrected chi connectivity index (χ1v) is 13.9. The van der Waals surface area contributed by atoms with E-state index in [2.05, 4.69) is 99.8 Å². The van der Waals surface area contributed by atoms with E-state index in [1.165, 1.54) is 32.9 Å². The molecule has 204 valence electrons. The molecule has 3 aromatic carbocycles. The van der Waals surface area contributed by atoms with Crippen molar-refractivity contribution in [3.63, 3.8) is 0 Å². The Morgan fingerprint density at radius 1 is 0.711 bits per heavy atom. The number of aromatic nitrogens is 1. The van der Waals surface area contributed by atoms with Gasteiger partial charge in [-0.1, -0.05) is 104 Å². The minimum absolute atomic E-state index is 0. The van der Waals surface area contributed by atoms with Crippen molar-refractivity contribution in [2.75, 3.05) is 7.05 Å². The molecule has 5 rings (SSSR count). The van der Waals surface area contributed by atoms with Crippen LogP contribution in [0.25, 0.3) is 32.9 Å². The van der Waals surface area contributed by atoms with Crippen LogP contribution < -0.4 is 0 Å². The zero-order valence-electron chi connectivity index (χ0n) is 26.7. The van der Waals surface area contributed by atoms with Crippen molar-refractivity contribution in [3.05, 3.63) is 71.8 Å². The summed E-state index contributed by atoms with van der Waals surface area (Å²) in [4.78, 5) is 2.49. The number of hydrogen-bond donors (Lipinski definition) is 0. The van der Waals surface area contributed by atoms with Gasteiger partial charge in [-0.15, -0.1) is 11.6 Å². The van der Waals surface area contributed by atoms with Crippen LogP contribution in [0.5, 0.6) is 0 Å². The van der Waals surface area contributed by atoms with Gasteiger partial charge >= 0.3 is 0 Å². The van der Waals surface area contributed by atoms with E-state index in [0.29, 0.717) is 0 Å². The summed E-state index contributed by atoms with van der Waals surface area (Å²) >= 11 is 0. The van der Waals surface area contributed by atoms with Crippen LogP contribution in [0, 0.1) is 12.1 Å². The number of benzene rings is 3. The normalized spacial score (nSPS) is 13.9. The van der Waals surface area contributed by atoms with E-state index in [9.17, 15) is 0 Å². The molecule has 1 aromatic heterocycles. The molecule has 1 aliphatic rings. The molecule has 1 aliphatic heterocycles. The Kier molecular flexibility index (Phi) is 17.0. The van der Waals surface area contributed by atoms with Crippen molar-refractivity contribution in [1.29, 1.82) is 0 Å². The molecule has 0 fully saturated rings. The Morgan fingerprint density at radius 2 is 1.24 bits per heavy atom. The van der Waals surface area contributed by atoms with Gasteiger partial charge in [0.2, 0.25) is 0 Å². The molecule has 0 saturated heterocycles. The molecule has 38 heavy (non-hydrogen) atoms. The molecule has 0 saturated carbocycles. The smallest absolute Gasteiger partial charge is 0.0382 e. The van der Waals surface area contributed by atoms with E-state index in [4.69, 9.17) is 0 Å². The summed E-state index contributed by atoms with van der Waals surface area (Å²) in [5.74, 6) is 0. The third-order valence-corrected chi connectivity index (χ3v) is 6.97. The Hall–Kier alpha value is -1.41. The van der Waals surface area contributed by atoms with Crippen molar-refractivity contribution in [2.45, 2.75) is 94.2 Å². The number of rotatable bonds is 1. The molecule has 0 aliphatic carbocycles. The number of aryl methyl sites for hydroxylation is 1. The summed E-state index contributed by atoms with van der Waals surface area (Å²) in [6.45, 7) is 25.3. The molecule has 0 atom stereocenters. The maximum atomic E-state index is 3.87. The zero-order valence-corrected chi connectivity index (χ0v) is 29.5. The van der Waals surface area contributed by atoms with Crippen molar-refractivity contribution >= 4 is 30.2 Å². The summed E-state index contributed by atoms with van der Waals surface area (Å²) < 4.78 is 2.33. The van der Waals surface area contributed by atoms with Crippen LogP contribution in [-0.4, -0.2) is 24.9 Å². The first-order chi connectivity index (χ1) is 17.3. The average Bonchev–Trinajstić information content (AvgIpc) is 3.31. The summed E-state index contributed by atoms with van der Waals surface area (Å²) in [6.07, 6.45) is 0. The van der Waals surface area contributed by atoms with Gasteiger partial charge in [-0.05, 0) is 32.3 Å². The molecular formula is C34H50BN2Y-2. The average molecular weight is 587 g/mol. The van der Waals surface area contributed by atoms with Crippen LogP contribution >= 0.6 is 0 Å². The van der Waals surface area contributed by atoms with Gasteiger partial charge in [-0.3, -0.25) is 4.90 Å². The second-order valence-corrected chi connectivity index (χ2v) is 9.00. The summed E-state index contributed by atoms with van der Waals surface area (Å²) in [6, 6.07) is 24.3. The minimum Gasteiger partial charge on any atom is -0.392 e. The molecule has 0 spiro atoms. The first-order valence-electron chi connectivity index (χ1n) is 13.9. The Labute approximate surface area is 262 Å². The van der Waals surface area contributed by atoms with E-state index in [1.54, 1.807) is 0 Å². The van der Waals surface area contributed by atoms with Gasteiger partial charge in [0.05, 0.1) is 0 Å². The van der Waals surface area contributed by atoms with Crippen molar-refractivity contribution in [3.8, 4) is 11.1 Å². The van der Waals surface area contributed by atoms with Crippen LogP contribution in [0.3, 0.4) is 0 Å². The number of nitrogens with zero attached hydrogens (tertiary/aromatic N) is 2. The first kappa shape index (κ1) is 38.7. The fourth-order valence-corrected chi connectivity index (χ4v) is 5.16. The molecule has 0 amide bonds. The number of para-hydroxylation sites is 1. The predicted octanol–water partition coefficient (Wildman–Crippen LogP) is 9.74. The third-order valence-electron chi connectivity index (χ3n) is 6.97. The molecule has 0 unspecified atom stereocenters. The van der Waals surface area contributed by atoms with E-state index in [1.807, 2.05) is 67.5 Å². The SMILES string of the molecule is CC.CC.CC.CC.CN1C(C)(C)c2[c-]c(-c3[c-]cccc3)c3c(c2C1(C)C)c1ccccc1n3C.[B].[Y]. The number of hydrogen-bond acceptors (Lipinski definition) is 1. The van der Waals surface area contributed by atoms with Crippen molar-refractivity contribution in [1.82, 2.24) is 9.47 Å². The molecule has 4 heteroatoms. The van der Waals surface area contributed by atoms with E-state index in [0.717, 1.165) is 11.1 Å². The fraction of sp³-hybridized carbons (Fsp3) is 0.471. The van der Waals surface area contributed by atoms with Gasteiger partial charge in [0.15, 0.2) is 0 Å². The van der Waals surface area contributed by atoms with Crippen LogP contribution in [-0.2, 0) is 50.8 Å². The van der Waals surface area contributed by atoms with Gasteiger partial charge in [0.1, 0.15) is 0 Å². The summed E-state index contributed by atoms with van der Waals surface area (Å²) in [5.41, 5.74) is 7.31. The molecule has 2 heterocycles. The monoisotopic (exact) mass is 586 g/mol. The van der Waals surface area contributed by atoms with Gasteiger partial charge in [-0.25, -0.2) is 11.1 Å². The van der Waals surface area contributed by atoms with Crippen molar-refractivity contribution < 1.29 is 32.7 Å². The maximum absolute atomic E-state index is 3.87. The molecule has 0 N–H and O–H groups in total. The Bertz CT molecular complexity index is 1240. The largest absolute Gasteiger partial charge is 0.392 e. The zero-order chi connectivity index (χ0) is 27.8. The molecule has 4 radical (unpaired) electrons. The quantitative estimate of drug-likeness (QED) is 0.159. The topological polar surface area (TPSA) is 8.17 Å². The Balaban J connectivity index is 0. The predicted molar refractivity (Wildman–Crippen MR) is 168 cm³/mol. The van der Waals surface area contributed by atoms with E-state index >= 15 is 0 Å². The molecule has 2 nitrogen and oxygen atoms in total. The van der Waals surface area contributed by atoms with Crippen LogP contribution in [0.1, 0.15) is 94.2 Å². The van der Waals surface area contributed by atoms with E-state index in [-0.39, 0.29) is 52.2 Å². The van der Waals surface area contributed by atoms with E-state index < -0.39 is 0 Å². The van der Waals surface area contributed by atoms with Gasteiger partial charge in [-0.2, -0.15) is 30.3 Å².